The highest BCUT2D eigenvalue weighted by atomic mass is 35.5. The highest BCUT2D eigenvalue weighted by Crippen LogP contribution is 2.40. The molecule has 1 fully saturated rings. The van der Waals surface area contributed by atoms with Crippen LogP contribution in [0.25, 0.3) is 0 Å². The van der Waals surface area contributed by atoms with Crippen LogP contribution in [-0.2, 0) is 0 Å². The largest absolute Gasteiger partial charge is 0.322 e. The first-order chi connectivity index (χ1) is 10.6. The van der Waals surface area contributed by atoms with E-state index in [9.17, 15) is 13.6 Å². The number of hydrogen-bond donors (Lipinski definition) is 0. The maximum absolute atomic E-state index is 14.0. The van der Waals surface area contributed by atoms with E-state index in [2.05, 4.69) is 0 Å². The van der Waals surface area contributed by atoms with Crippen molar-refractivity contribution in [3.05, 3.63) is 70.2 Å². The van der Waals surface area contributed by atoms with Gasteiger partial charge in [0.15, 0.2) is 0 Å². The van der Waals surface area contributed by atoms with E-state index in [1.54, 1.807) is 29.2 Å². The molecule has 1 amide bonds. The van der Waals surface area contributed by atoms with E-state index in [-0.39, 0.29) is 5.91 Å². The van der Waals surface area contributed by atoms with Gasteiger partial charge in [-0.15, -0.1) is 11.8 Å². The molecular weight excluding hydrogens is 328 g/mol. The van der Waals surface area contributed by atoms with E-state index >= 15 is 0 Å². The zero-order valence-electron chi connectivity index (χ0n) is 11.4. The van der Waals surface area contributed by atoms with Crippen molar-refractivity contribution in [1.29, 1.82) is 0 Å². The molecule has 1 unspecified atom stereocenters. The Hall–Kier alpha value is -1.59. The predicted molar refractivity (Wildman–Crippen MR) is 84.0 cm³/mol. The first kappa shape index (κ1) is 15.3. The number of benzene rings is 2. The van der Waals surface area contributed by atoms with Crippen LogP contribution in [0.15, 0.2) is 42.5 Å². The molecule has 0 aliphatic carbocycles. The molecule has 0 spiro atoms. The summed E-state index contributed by atoms with van der Waals surface area (Å²) in [7, 11) is 0. The van der Waals surface area contributed by atoms with Crippen molar-refractivity contribution in [1.82, 2.24) is 4.90 Å². The molecule has 3 rings (SSSR count). The van der Waals surface area contributed by atoms with Crippen LogP contribution in [0.3, 0.4) is 0 Å². The van der Waals surface area contributed by atoms with Crippen LogP contribution in [0.2, 0.25) is 5.02 Å². The molecule has 1 atom stereocenters. The summed E-state index contributed by atoms with van der Waals surface area (Å²) in [5, 5.41) is 0.0225. The number of amides is 1. The first-order valence-electron chi connectivity index (χ1n) is 6.69. The summed E-state index contributed by atoms with van der Waals surface area (Å²) in [5.41, 5.74) is 0.779. The zero-order chi connectivity index (χ0) is 15.7. The third-order valence-electron chi connectivity index (χ3n) is 3.45. The molecule has 0 radical (unpaired) electrons. The second kappa shape index (κ2) is 6.26. The lowest BCUT2D eigenvalue weighted by atomic mass is 10.1. The van der Waals surface area contributed by atoms with Gasteiger partial charge in [0.05, 0.1) is 0 Å². The van der Waals surface area contributed by atoms with E-state index in [0.29, 0.717) is 28.4 Å². The third kappa shape index (κ3) is 2.96. The summed E-state index contributed by atoms with van der Waals surface area (Å²) in [6.45, 7) is 0.511. The number of rotatable bonds is 2. The Labute approximate surface area is 136 Å². The van der Waals surface area contributed by atoms with E-state index in [1.807, 2.05) is 0 Å². The Morgan fingerprint density at radius 2 is 2.05 bits per heavy atom. The third-order valence-corrected chi connectivity index (χ3v) is 4.93. The van der Waals surface area contributed by atoms with Crippen LogP contribution < -0.4 is 0 Å². The van der Waals surface area contributed by atoms with Gasteiger partial charge in [-0.25, -0.2) is 8.78 Å². The van der Waals surface area contributed by atoms with E-state index in [0.717, 1.165) is 6.07 Å². The number of nitrogens with zero attached hydrogens (tertiary/aromatic N) is 1. The standard InChI is InChI=1S/C16H12ClF2NOS/c17-11-3-1-2-10(8-11)15(21)20-6-7-22-16(20)13-5-4-12(18)9-14(13)19/h1-5,8-9,16H,6-7H2. The van der Waals surface area contributed by atoms with Gasteiger partial charge in [-0.2, -0.15) is 0 Å². The van der Waals surface area contributed by atoms with Crippen molar-refractivity contribution in [3.63, 3.8) is 0 Å². The maximum atomic E-state index is 14.0. The van der Waals surface area contributed by atoms with E-state index < -0.39 is 17.0 Å². The molecule has 1 aliphatic heterocycles. The summed E-state index contributed by atoms with van der Waals surface area (Å²) < 4.78 is 27.1. The molecule has 2 nitrogen and oxygen atoms in total. The quantitative estimate of drug-likeness (QED) is 0.802. The Morgan fingerprint density at radius 3 is 2.77 bits per heavy atom. The molecule has 22 heavy (non-hydrogen) atoms. The summed E-state index contributed by atoms with van der Waals surface area (Å²) in [5.74, 6) is -0.769. The van der Waals surface area contributed by atoms with Gasteiger partial charge < -0.3 is 4.90 Å². The Kier molecular flexibility index (Phi) is 4.36. The monoisotopic (exact) mass is 339 g/mol. The van der Waals surface area contributed by atoms with Gasteiger partial charge in [0.1, 0.15) is 17.0 Å². The Balaban J connectivity index is 1.91. The molecule has 0 bridgehead atoms. The van der Waals surface area contributed by atoms with Crippen LogP contribution in [0.4, 0.5) is 8.78 Å². The molecule has 6 heteroatoms. The molecule has 0 saturated carbocycles. The molecule has 1 saturated heterocycles. The minimum atomic E-state index is -0.636. The molecular formula is C16H12ClF2NOS. The van der Waals surface area contributed by atoms with Crippen LogP contribution >= 0.6 is 23.4 Å². The second-order valence-electron chi connectivity index (χ2n) is 4.90. The SMILES string of the molecule is O=C(c1cccc(Cl)c1)N1CCSC1c1ccc(F)cc1F. The van der Waals surface area contributed by atoms with Crippen LogP contribution in [0.1, 0.15) is 21.3 Å². The lowest BCUT2D eigenvalue weighted by Gasteiger charge is -2.24. The molecule has 114 valence electrons. The first-order valence-corrected chi connectivity index (χ1v) is 8.12. The van der Waals surface area contributed by atoms with E-state index in [4.69, 9.17) is 11.6 Å². The number of thioether (sulfide) groups is 1. The minimum absolute atomic E-state index is 0.207. The fourth-order valence-electron chi connectivity index (χ4n) is 2.42. The fourth-order valence-corrected chi connectivity index (χ4v) is 3.89. The molecule has 2 aromatic carbocycles. The summed E-state index contributed by atoms with van der Waals surface area (Å²) >= 11 is 7.37. The second-order valence-corrected chi connectivity index (χ2v) is 6.52. The Bertz CT molecular complexity index is 725. The zero-order valence-corrected chi connectivity index (χ0v) is 13.0. The fraction of sp³-hybridized carbons (Fsp3) is 0.188. The summed E-state index contributed by atoms with van der Waals surface area (Å²) in [6.07, 6.45) is 0. The van der Waals surface area contributed by atoms with Crippen molar-refractivity contribution in [2.45, 2.75) is 5.37 Å². The molecule has 1 heterocycles. The van der Waals surface area contributed by atoms with Gasteiger partial charge in [-0.05, 0) is 24.3 Å². The van der Waals surface area contributed by atoms with Crippen molar-refractivity contribution in [3.8, 4) is 0 Å². The van der Waals surface area contributed by atoms with Gasteiger partial charge in [-0.3, -0.25) is 4.79 Å². The molecule has 2 aromatic rings. The molecule has 0 aromatic heterocycles. The van der Waals surface area contributed by atoms with Gasteiger partial charge in [0.25, 0.3) is 5.91 Å². The normalized spacial score (nSPS) is 17.8. The van der Waals surface area contributed by atoms with Crippen LogP contribution in [0, 0.1) is 11.6 Å². The van der Waals surface area contributed by atoms with Gasteiger partial charge >= 0.3 is 0 Å². The number of hydrogen-bond acceptors (Lipinski definition) is 2. The number of halogens is 3. The Morgan fingerprint density at radius 1 is 1.23 bits per heavy atom. The topological polar surface area (TPSA) is 20.3 Å². The summed E-state index contributed by atoms with van der Waals surface area (Å²) in [4.78, 5) is 14.2. The molecule has 1 aliphatic rings. The van der Waals surface area contributed by atoms with Crippen molar-refractivity contribution in [2.75, 3.05) is 12.3 Å². The lowest BCUT2D eigenvalue weighted by molar-refractivity contribution is 0.0759. The van der Waals surface area contributed by atoms with Crippen molar-refractivity contribution in [2.24, 2.45) is 0 Å². The van der Waals surface area contributed by atoms with Gasteiger partial charge in [-0.1, -0.05) is 23.7 Å². The maximum Gasteiger partial charge on any atom is 0.255 e. The van der Waals surface area contributed by atoms with Crippen LogP contribution in [-0.4, -0.2) is 23.1 Å². The highest BCUT2D eigenvalue weighted by molar-refractivity contribution is 7.99. The number of carbonyl (C=O) groups excluding carboxylic acids is 1. The van der Waals surface area contributed by atoms with Gasteiger partial charge in [0.2, 0.25) is 0 Å². The van der Waals surface area contributed by atoms with Crippen molar-refractivity contribution < 1.29 is 13.6 Å². The minimum Gasteiger partial charge on any atom is -0.322 e. The average molecular weight is 340 g/mol. The van der Waals surface area contributed by atoms with E-state index in [1.165, 1.54) is 23.9 Å². The highest BCUT2D eigenvalue weighted by Gasteiger charge is 2.33. The molecule has 0 N–H and O–H groups in total. The predicted octanol–water partition coefficient (Wildman–Crippen LogP) is 4.51. The van der Waals surface area contributed by atoms with Crippen molar-refractivity contribution >= 4 is 29.3 Å². The van der Waals surface area contributed by atoms with Crippen LogP contribution in [0.5, 0.6) is 0 Å². The lowest BCUT2D eigenvalue weighted by Crippen LogP contribution is -2.30. The smallest absolute Gasteiger partial charge is 0.255 e. The number of carbonyl (C=O) groups is 1. The average Bonchev–Trinajstić information content (AvgIpc) is 2.95. The summed E-state index contributed by atoms with van der Waals surface area (Å²) in [6, 6.07) is 10.1. The van der Waals surface area contributed by atoms with Gasteiger partial charge in [0, 0.05) is 34.5 Å².